The Balaban J connectivity index is 1.17. The van der Waals surface area contributed by atoms with Gasteiger partial charge in [-0.1, -0.05) is 0 Å². The van der Waals surface area contributed by atoms with Crippen LogP contribution in [0.2, 0.25) is 0 Å². The molecule has 6 nitrogen and oxygen atoms in total. The number of thiophene rings is 1. The van der Waals surface area contributed by atoms with Crippen molar-refractivity contribution in [2.75, 3.05) is 26.3 Å². The Labute approximate surface area is 192 Å². The van der Waals surface area contributed by atoms with Crippen molar-refractivity contribution in [2.24, 2.45) is 0 Å². The fourth-order valence-electron chi connectivity index (χ4n) is 5.84. The van der Waals surface area contributed by atoms with E-state index in [4.69, 9.17) is 18.9 Å². The summed E-state index contributed by atoms with van der Waals surface area (Å²) in [6.07, 6.45) is 14.6. The quantitative estimate of drug-likeness (QED) is 0.525. The summed E-state index contributed by atoms with van der Waals surface area (Å²) < 4.78 is 17.7. The minimum atomic E-state index is 0.306. The molecule has 0 N–H and O–H groups in total. The van der Waals surface area contributed by atoms with Crippen molar-refractivity contribution in [3.63, 3.8) is 0 Å². The van der Waals surface area contributed by atoms with Crippen LogP contribution in [0.5, 0.6) is 5.75 Å². The highest BCUT2D eigenvalue weighted by atomic mass is 32.1. The molecule has 4 heterocycles. The van der Waals surface area contributed by atoms with Gasteiger partial charge in [-0.05, 0) is 62.5 Å². The van der Waals surface area contributed by atoms with Gasteiger partial charge in [-0.3, -0.25) is 4.90 Å². The number of morpholine rings is 1. The fraction of sp³-hybridized carbons (Fsp3) is 0.600. The molecule has 0 unspecified atom stereocenters. The Morgan fingerprint density at radius 3 is 2.75 bits per heavy atom. The van der Waals surface area contributed by atoms with Gasteiger partial charge in [0.05, 0.1) is 30.9 Å². The van der Waals surface area contributed by atoms with E-state index in [1.165, 1.54) is 35.1 Å². The number of aromatic nitrogens is 2. The third-order valence-corrected chi connectivity index (χ3v) is 8.66. The predicted octanol–water partition coefficient (Wildman–Crippen LogP) is 4.97. The number of ether oxygens (including phenoxy) is 2. The van der Waals surface area contributed by atoms with Crippen molar-refractivity contribution in [1.82, 2.24) is 14.9 Å². The lowest BCUT2D eigenvalue weighted by molar-refractivity contribution is -0.000919. The Hall–Kier alpha value is -1.96. The summed E-state index contributed by atoms with van der Waals surface area (Å²) in [4.78, 5) is 14.3. The summed E-state index contributed by atoms with van der Waals surface area (Å²) in [5.74, 6) is 2.42. The molecule has 1 aliphatic heterocycles. The molecule has 170 valence electrons. The maximum Gasteiger partial charge on any atom is 0.193 e. The first kappa shape index (κ1) is 20.6. The summed E-state index contributed by atoms with van der Waals surface area (Å²) in [5.41, 5.74) is 1.49. The van der Waals surface area contributed by atoms with Crippen LogP contribution in [-0.2, 0) is 17.6 Å². The van der Waals surface area contributed by atoms with E-state index in [1.807, 2.05) is 17.5 Å². The number of hydrogen-bond acceptors (Lipinski definition) is 7. The molecule has 0 aromatic carbocycles. The lowest BCUT2D eigenvalue weighted by Gasteiger charge is -2.38. The third-order valence-electron chi connectivity index (χ3n) is 7.49. The first-order valence-electron chi connectivity index (χ1n) is 12.1. The molecule has 1 saturated carbocycles. The topological polar surface area (TPSA) is 60.6 Å². The highest BCUT2D eigenvalue weighted by Gasteiger charge is 2.32. The van der Waals surface area contributed by atoms with E-state index in [-0.39, 0.29) is 0 Å². The zero-order chi connectivity index (χ0) is 21.3. The van der Waals surface area contributed by atoms with Crippen LogP contribution < -0.4 is 4.74 Å². The molecule has 2 aliphatic carbocycles. The van der Waals surface area contributed by atoms with E-state index in [9.17, 15) is 0 Å². The van der Waals surface area contributed by atoms with Gasteiger partial charge < -0.3 is 13.9 Å². The number of pyridine rings is 1. The average Bonchev–Trinajstić information content (AvgIpc) is 3.56. The maximum absolute atomic E-state index is 6.68. The van der Waals surface area contributed by atoms with E-state index in [1.54, 1.807) is 12.5 Å². The van der Waals surface area contributed by atoms with E-state index in [0.717, 1.165) is 74.9 Å². The summed E-state index contributed by atoms with van der Waals surface area (Å²) in [5, 5.41) is 1.28. The monoisotopic (exact) mass is 453 g/mol. The minimum Gasteiger partial charge on any atom is -0.490 e. The van der Waals surface area contributed by atoms with E-state index < -0.39 is 0 Å². The molecular formula is C25H31N3O3S. The second-order valence-electron chi connectivity index (χ2n) is 9.32. The number of fused-ring (bicyclic) bond motifs is 3. The van der Waals surface area contributed by atoms with Gasteiger partial charge in [0.1, 0.15) is 16.8 Å². The van der Waals surface area contributed by atoms with Gasteiger partial charge in [-0.2, -0.15) is 0 Å². The van der Waals surface area contributed by atoms with Crippen LogP contribution in [0.15, 0.2) is 29.1 Å². The Kier molecular flexibility index (Phi) is 5.88. The highest BCUT2D eigenvalue weighted by molar-refractivity contribution is 7.19. The molecule has 3 aromatic rings. The lowest BCUT2D eigenvalue weighted by Crippen LogP contribution is -2.46. The van der Waals surface area contributed by atoms with Crippen molar-refractivity contribution >= 4 is 21.6 Å². The van der Waals surface area contributed by atoms with E-state index in [2.05, 4.69) is 16.0 Å². The molecule has 6 rings (SSSR count). The molecule has 32 heavy (non-hydrogen) atoms. The molecular weight excluding hydrogens is 422 g/mol. The first-order chi connectivity index (χ1) is 15.8. The smallest absolute Gasteiger partial charge is 0.193 e. The molecule has 0 bridgehead atoms. The number of oxazole rings is 1. The average molecular weight is 454 g/mol. The van der Waals surface area contributed by atoms with Crippen LogP contribution >= 0.6 is 11.3 Å². The van der Waals surface area contributed by atoms with Gasteiger partial charge in [-0.25, -0.2) is 9.97 Å². The fourth-order valence-corrected chi connectivity index (χ4v) is 7.10. The largest absolute Gasteiger partial charge is 0.490 e. The van der Waals surface area contributed by atoms with Crippen molar-refractivity contribution < 1.29 is 13.9 Å². The molecule has 2 fully saturated rings. The molecule has 7 heteroatoms. The highest BCUT2D eigenvalue weighted by Crippen LogP contribution is 2.48. The summed E-state index contributed by atoms with van der Waals surface area (Å²) in [6, 6.07) is 2.79. The van der Waals surface area contributed by atoms with Crippen LogP contribution in [0.4, 0.5) is 0 Å². The second kappa shape index (κ2) is 9.12. The summed E-state index contributed by atoms with van der Waals surface area (Å²) in [7, 11) is 0. The number of rotatable bonds is 6. The van der Waals surface area contributed by atoms with Crippen molar-refractivity contribution in [2.45, 2.75) is 69.4 Å². The van der Waals surface area contributed by atoms with Crippen molar-refractivity contribution in [3.05, 3.63) is 41.1 Å². The predicted molar refractivity (Wildman–Crippen MR) is 125 cm³/mol. The van der Waals surface area contributed by atoms with Crippen LogP contribution in [-0.4, -0.2) is 53.3 Å². The normalized spacial score (nSPS) is 26.4. The standard InChI is InChI=1S/C25H31N3O3S/c1-7-21-23(17(1)2-8-22-26-11-14-30-22)24-20(9-10-27-25(24)32-21)31-19-5-3-18(4-6-19)28-12-15-29-16-13-28/h9-11,14,17-19H,1-8,12-13,15-16H2/t17-,18?,19?/m1/s1. The Morgan fingerprint density at radius 1 is 1.06 bits per heavy atom. The van der Waals surface area contributed by atoms with Crippen molar-refractivity contribution in [1.29, 1.82) is 0 Å². The van der Waals surface area contributed by atoms with Crippen LogP contribution in [0.25, 0.3) is 10.2 Å². The van der Waals surface area contributed by atoms with Crippen LogP contribution in [0.3, 0.4) is 0 Å². The summed E-state index contributed by atoms with van der Waals surface area (Å²) >= 11 is 1.86. The molecule has 1 saturated heterocycles. The third kappa shape index (κ3) is 4.06. The van der Waals surface area contributed by atoms with Gasteiger partial charge >= 0.3 is 0 Å². The van der Waals surface area contributed by atoms with Crippen molar-refractivity contribution in [3.8, 4) is 5.75 Å². The zero-order valence-electron chi connectivity index (χ0n) is 18.5. The maximum atomic E-state index is 6.68. The van der Waals surface area contributed by atoms with E-state index >= 15 is 0 Å². The van der Waals surface area contributed by atoms with Gasteiger partial charge in [0.2, 0.25) is 0 Å². The SMILES string of the molecule is c1coc(CC[C@H]2CCc3sc4nccc(OC5CCC(N6CCOCC6)CC5)c4c32)n1. The van der Waals surface area contributed by atoms with Crippen LogP contribution in [0, 0.1) is 0 Å². The molecule has 3 aliphatic rings. The van der Waals surface area contributed by atoms with Gasteiger partial charge in [0.15, 0.2) is 5.89 Å². The number of hydrogen-bond donors (Lipinski definition) is 0. The van der Waals surface area contributed by atoms with E-state index in [0.29, 0.717) is 18.1 Å². The molecule has 1 atom stereocenters. The Morgan fingerprint density at radius 2 is 1.94 bits per heavy atom. The van der Waals surface area contributed by atoms with Gasteiger partial charge in [-0.15, -0.1) is 11.3 Å². The second-order valence-corrected chi connectivity index (χ2v) is 10.4. The number of nitrogens with zero attached hydrogens (tertiary/aromatic N) is 3. The van der Waals surface area contributed by atoms with Gasteiger partial charge in [0, 0.05) is 36.6 Å². The Bertz CT molecular complexity index is 1040. The zero-order valence-corrected chi connectivity index (χ0v) is 19.3. The molecule has 0 amide bonds. The van der Waals surface area contributed by atoms with Crippen LogP contribution in [0.1, 0.15) is 60.8 Å². The molecule has 3 aromatic heterocycles. The number of aryl methyl sites for hydroxylation is 2. The van der Waals surface area contributed by atoms with Gasteiger partial charge in [0.25, 0.3) is 0 Å². The molecule has 0 spiro atoms. The lowest BCUT2D eigenvalue weighted by atomic mass is 9.91. The first-order valence-corrected chi connectivity index (χ1v) is 12.9. The summed E-state index contributed by atoms with van der Waals surface area (Å²) in [6.45, 7) is 3.92. The molecule has 0 radical (unpaired) electrons. The minimum absolute atomic E-state index is 0.306.